The average molecular weight is 298 g/mol. The smallest absolute Gasteiger partial charge is 0.321 e. The van der Waals surface area contributed by atoms with Crippen LogP contribution in [-0.4, -0.2) is 36.6 Å². The Morgan fingerprint density at radius 1 is 1.32 bits per heavy atom. The minimum atomic E-state index is -0.0621. The average Bonchev–Trinajstić information content (AvgIpc) is 3.09. The lowest BCUT2D eigenvalue weighted by Gasteiger charge is -2.34. The normalized spacial score (nSPS) is 22.3. The van der Waals surface area contributed by atoms with E-state index >= 15 is 0 Å². The first-order valence-electron chi connectivity index (χ1n) is 8.06. The molecule has 0 aromatic heterocycles. The second-order valence-corrected chi connectivity index (χ2v) is 6.15. The summed E-state index contributed by atoms with van der Waals surface area (Å²) in [6.07, 6.45) is 4.70. The summed E-state index contributed by atoms with van der Waals surface area (Å²) in [5, 5.41) is 15.4. The van der Waals surface area contributed by atoms with Crippen LogP contribution in [0.2, 0.25) is 0 Å². The third kappa shape index (κ3) is 3.40. The first-order valence-corrected chi connectivity index (χ1v) is 8.06. The Bertz CT molecular complexity index is 566. The number of benzene rings is 1. The van der Waals surface area contributed by atoms with Gasteiger partial charge < -0.3 is 15.5 Å². The number of amides is 2. The molecule has 3 rings (SSSR count). The fourth-order valence-electron chi connectivity index (χ4n) is 3.49. The van der Waals surface area contributed by atoms with E-state index in [0.29, 0.717) is 23.2 Å². The number of hydrogen-bond acceptors (Lipinski definition) is 3. The summed E-state index contributed by atoms with van der Waals surface area (Å²) in [4.78, 5) is 14.2. The number of nitrogens with one attached hydrogen (secondary N) is 2. The van der Waals surface area contributed by atoms with E-state index in [1.54, 1.807) is 18.2 Å². The summed E-state index contributed by atoms with van der Waals surface area (Å²) < 4.78 is 0. The van der Waals surface area contributed by atoms with Crippen LogP contribution in [0.3, 0.4) is 0 Å². The molecule has 1 unspecified atom stereocenters. The second-order valence-electron chi connectivity index (χ2n) is 6.15. The molecule has 1 aromatic rings. The Balaban J connectivity index is 1.52. The molecule has 0 spiro atoms. The van der Waals surface area contributed by atoms with E-state index in [2.05, 4.69) is 16.7 Å². The van der Waals surface area contributed by atoms with Gasteiger partial charge in [-0.25, -0.2) is 4.79 Å². The summed E-state index contributed by atoms with van der Waals surface area (Å²) in [5.41, 5.74) is 1.24. The van der Waals surface area contributed by atoms with E-state index in [1.165, 1.54) is 12.8 Å². The fraction of sp³-hybridized carbons (Fsp3) is 0.529. The van der Waals surface area contributed by atoms with Crippen LogP contribution in [0.4, 0.5) is 10.5 Å². The number of carbonyl (C=O) groups excluding carboxylic acids is 1. The molecule has 5 nitrogen and oxygen atoms in total. The summed E-state index contributed by atoms with van der Waals surface area (Å²) in [6.45, 7) is 2.76. The standard InChI is InChI=1S/C17H22N4O/c18-12-13-3-1-4-15(11-13)20-17(22)21-9-6-14(7-10-21)16-5-2-8-19-16/h1,3-4,11,14,16,19H,2,5-10H2,(H,20,22). The van der Waals surface area contributed by atoms with Gasteiger partial charge >= 0.3 is 6.03 Å². The number of carbonyl (C=O) groups is 1. The van der Waals surface area contributed by atoms with Crippen molar-refractivity contribution in [3.05, 3.63) is 29.8 Å². The molecule has 1 atom stereocenters. The minimum absolute atomic E-state index is 0.0621. The summed E-state index contributed by atoms with van der Waals surface area (Å²) in [6, 6.07) is 9.70. The molecular weight excluding hydrogens is 276 g/mol. The lowest BCUT2D eigenvalue weighted by Crippen LogP contribution is -2.44. The van der Waals surface area contributed by atoms with E-state index in [1.807, 2.05) is 11.0 Å². The molecule has 2 heterocycles. The summed E-state index contributed by atoms with van der Waals surface area (Å²) in [5.74, 6) is 0.702. The third-order valence-electron chi connectivity index (χ3n) is 4.74. The van der Waals surface area contributed by atoms with E-state index in [9.17, 15) is 4.79 Å². The van der Waals surface area contributed by atoms with Crippen molar-refractivity contribution >= 4 is 11.7 Å². The number of nitriles is 1. The van der Waals surface area contributed by atoms with Gasteiger partial charge in [0, 0.05) is 24.8 Å². The van der Waals surface area contributed by atoms with Gasteiger partial charge in [0.25, 0.3) is 0 Å². The highest BCUT2D eigenvalue weighted by atomic mass is 16.2. The molecule has 2 fully saturated rings. The van der Waals surface area contributed by atoms with Gasteiger partial charge in [-0.1, -0.05) is 6.07 Å². The third-order valence-corrected chi connectivity index (χ3v) is 4.74. The molecule has 2 amide bonds. The van der Waals surface area contributed by atoms with Crippen molar-refractivity contribution in [1.29, 1.82) is 5.26 Å². The maximum absolute atomic E-state index is 12.3. The lowest BCUT2D eigenvalue weighted by molar-refractivity contribution is 0.170. The Morgan fingerprint density at radius 3 is 2.82 bits per heavy atom. The van der Waals surface area contributed by atoms with E-state index in [-0.39, 0.29) is 6.03 Å². The second kappa shape index (κ2) is 6.80. The van der Waals surface area contributed by atoms with Crippen LogP contribution < -0.4 is 10.6 Å². The predicted molar refractivity (Wildman–Crippen MR) is 85.5 cm³/mol. The van der Waals surface area contributed by atoms with Crippen molar-refractivity contribution in [2.75, 3.05) is 25.0 Å². The number of anilines is 1. The van der Waals surface area contributed by atoms with Crippen LogP contribution in [0, 0.1) is 17.2 Å². The lowest BCUT2D eigenvalue weighted by atomic mass is 9.89. The number of urea groups is 1. The molecule has 2 aliphatic rings. The van der Waals surface area contributed by atoms with Gasteiger partial charge in [0.2, 0.25) is 0 Å². The maximum atomic E-state index is 12.3. The van der Waals surface area contributed by atoms with Gasteiger partial charge in [-0.05, 0) is 56.3 Å². The molecule has 0 bridgehead atoms. The molecular formula is C17H22N4O. The highest BCUT2D eigenvalue weighted by Gasteiger charge is 2.29. The topological polar surface area (TPSA) is 68.2 Å². The van der Waals surface area contributed by atoms with Gasteiger partial charge in [-0.2, -0.15) is 5.26 Å². The molecule has 0 aliphatic carbocycles. The van der Waals surface area contributed by atoms with E-state index in [0.717, 1.165) is 32.5 Å². The summed E-state index contributed by atoms with van der Waals surface area (Å²) in [7, 11) is 0. The number of piperidine rings is 1. The Kier molecular flexibility index (Phi) is 4.59. The van der Waals surface area contributed by atoms with Crippen molar-refractivity contribution in [3.63, 3.8) is 0 Å². The number of hydrogen-bond donors (Lipinski definition) is 2. The van der Waals surface area contributed by atoms with E-state index < -0.39 is 0 Å². The highest BCUT2D eigenvalue weighted by molar-refractivity contribution is 5.89. The zero-order valence-electron chi connectivity index (χ0n) is 12.7. The fourth-order valence-corrected chi connectivity index (χ4v) is 3.49. The highest BCUT2D eigenvalue weighted by Crippen LogP contribution is 2.26. The zero-order valence-corrected chi connectivity index (χ0v) is 12.7. The maximum Gasteiger partial charge on any atom is 0.321 e. The summed E-state index contributed by atoms with van der Waals surface area (Å²) >= 11 is 0. The quantitative estimate of drug-likeness (QED) is 0.881. The van der Waals surface area contributed by atoms with Gasteiger partial charge in [-0.15, -0.1) is 0 Å². The molecule has 0 saturated carbocycles. The zero-order chi connectivity index (χ0) is 15.4. The first-order chi connectivity index (χ1) is 10.8. The van der Waals surface area contributed by atoms with Gasteiger partial charge in [0.05, 0.1) is 11.6 Å². The molecule has 2 saturated heterocycles. The Labute approximate surface area is 131 Å². The van der Waals surface area contributed by atoms with Crippen LogP contribution in [0.15, 0.2) is 24.3 Å². The van der Waals surface area contributed by atoms with Gasteiger partial charge in [0.15, 0.2) is 0 Å². The molecule has 0 radical (unpaired) electrons. The Morgan fingerprint density at radius 2 is 2.14 bits per heavy atom. The Hall–Kier alpha value is -2.06. The molecule has 5 heteroatoms. The van der Waals surface area contributed by atoms with Crippen molar-refractivity contribution in [1.82, 2.24) is 10.2 Å². The van der Waals surface area contributed by atoms with Gasteiger partial charge in [0.1, 0.15) is 0 Å². The number of rotatable bonds is 2. The van der Waals surface area contributed by atoms with Crippen molar-refractivity contribution < 1.29 is 4.79 Å². The molecule has 22 heavy (non-hydrogen) atoms. The van der Waals surface area contributed by atoms with E-state index in [4.69, 9.17) is 5.26 Å². The van der Waals surface area contributed by atoms with Crippen LogP contribution >= 0.6 is 0 Å². The van der Waals surface area contributed by atoms with Gasteiger partial charge in [-0.3, -0.25) is 0 Å². The molecule has 2 aliphatic heterocycles. The van der Waals surface area contributed by atoms with Crippen LogP contribution in [-0.2, 0) is 0 Å². The SMILES string of the molecule is N#Cc1cccc(NC(=O)N2CCC(C3CCCN3)CC2)c1. The molecule has 116 valence electrons. The first kappa shape index (κ1) is 14.9. The molecule has 1 aromatic carbocycles. The van der Waals surface area contributed by atoms with Crippen LogP contribution in [0.5, 0.6) is 0 Å². The number of nitrogens with zero attached hydrogens (tertiary/aromatic N) is 2. The van der Waals surface area contributed by atoms with Crippen LogP contribution in [0.25, 0.3) is 0 Å². The minimum Gasteiger partial charge on any atom is -0.325 e. The molecule has 2 N–H and O–H groups in total. The van der Waals surface area contributed by atoms with Crippen molar-refractivity contribution in [3.8, 4) is 6.07 Å². The number of likely N-dealkylation sites (tertiary alicyclic amines) is 1. The van der Waals surface area contributed by atoms with Crippen LogP contribution in [0.1, 0.15) is 31.2 Å². The van der Waals surface area contributed by atoms with Crippen molar-refractivity contribution in [2.45, 2.75) is 31.7 Å². The largest absolute Gasteiger partial charge is 0.325 e. The predicted octanol–water partition coefficient (Wildman–Crippen LogP) is 2.55. The monoisotopic (exact) mass is 298 g/mol. The van der Waals surface area contributed by atoms with Crippen molar-refractivity contribution in [2.24, 2.45) is 5.92 Å².